The molecule has 2 rings (SSSR count). The molecule has 1 unspecified atom stereocenters. The molecule has 0 aliphatic carbocycles. The van der Waals surface area contributed by atoms with Crippen molar-refractivity contribution in [3.05, 3.63) is 65.2 Å². The summed E-state index contributed by atoms with van der Waals surface area (Å²) >= 11 is 1.63. The van der Waals surface area contributed by atoms with Crippen molar-refractivity contribution in [1.82, 2.24) is 0 Å². The van der Waals surface area contributed by atoms with Crippen LogP contribution < -0.4 is 0 Å². The highest BCUT2D eigenvalue weighted by atomic mass is 32.2. The van der Waals surface area contributed by atoms with Crippen LogP contribution in [0.3, 0.4) is 0 Å². The zero-order chi connectivity index (χ0) is 13.8. The maximum Gasteiger partial charge on any atom is 0.175 e. The van der Waals surface area contributed by atoms with Gasteiger partial charge in [0.2, 0.25) is 0 Å². The Kier molecular flexibility index (Phi) is 4.43. The fourth-order valence-corrected chi connectivity index (χ4v) is 2.92. The van der Waals surface area contributed by atoms with Crippen LogP contribution in [0.2, 0.25) is 0 Å². The van der Waals surface area contributed by atoms with E-state index in [0.29, 0.717) is 0 Å². The van der Waals surface area contributed by atoms with Gasteiger partial charge in [-0.3, -0.25) is 4.79 Å². The molecule has 0 radical (unpaired) electrons. The number of rotatable bonds is 4. The summed E-state index contributed by atoms with van der Waals surface area (Å²) in [6, 6.07) is 16.0. The van der Waals surface area contributed by atoms with Crippen molar-refractivity contribution in [3.63, 3.8) is 0 Å². The Morgan fingerprint density at radius 3 is 2.26 bits per heavy atom. The lowest BCUT2D eigenvalue weighted by molar-refractivity contribution is 0.0994. The number of Topliss-reactive ketones (excluding diaryl/α,β-unsaturated/α-hetero) is 1. The van der Waals surface area contributed by atoms with E-state index in [1.54, 1.807) is 11.8 Å². The van der Waals surface area contributed by atoms with Crippen molar-refractivity contribution in [3.8, 4) is 0 Å². The zero-order valence-corrected chi connectivity index (χ0v) is 12.3. The normalized spacial score (nSPS) is 12.2. The molecule has 0 N–H and O–H groups in total. The van der Waals surface area contributed by atoms with Crippen molar-refractivity contribution in [2.75, 3.05) is 0 Å². The van der Waals surface area contributed by atoms with E-state index < -0.39 is 0 Å². The molecule has 0 fully saturated rings. The van der Waals surface area contributed by atoms with Crippen LogP contribution in [-0.4, -0.2) is 11.0 Å². The van der Waals surface area contributed by atoms with Crippen molar-refractivity contribution >= 4 is 17.5 Å². The lowest BCUT2D eigenvalue weighted by atomic mass is 10.1. The van der Waals surface area contributed by atoms with Crippen LogP contribution >= 0.6 is 11.8 Å². The second-order valence-electron chi connectivity index (χ2n) is 4.76. The van der Waals surface area contributed by atoms with E-state index in [-0.39, 0.29) is 11.0 Å². The first-order valence-electron chi connectivity index (χ1n) is 6.41. The Bertz CT molecular complexity index is 572. The lowest BCUT2D eigenvalue weighted by Crippen LogP contribution is -2.13. The smallest absolute Gasteiger partial charge is 0.175 e. The molecule has 0 bridgehead atoms. The van der Waals surface area contributed by atoms with Gasteiger partial charge in [0.1, 0.15) is 0 Å². The summed E-state index contributed by atoms with van der Waals surface area (Å²) in [7, 11) is 0. The van der Waals surface area contributed by atoms with Crippen molar-refractivity contribution in [2.45, 2.75) is 30.9 Å². The van der Waals surface area contributed by atoms with Crippen molar-refractivity contribution in [1.29, 1.82) is 0 Å². The Hall–Kier alpha value is -1.54. The molecule has 0 spiro atoms. The third kappa shape index (κ3) is 3.48. The molecule has 98 valence electrons. The third-order valence-corrected chi connectivity index (χ3v) is 4.38. The minimum atomic E-state index is -0.0659. The van der Waals surface area contributed by atoms with Gasteiger partial charge in [-0.2, -0.15) is 0 Å². The van der Waals surface area contributed by atoms with Crippen LogP contribution in [0.4, 0.5) is 0 Å². The van der Waals surface area contributed by atoms with Crippen molar-refractivity contribution < 1.29 is 4.79 Å². The molecule has 0 aliphatic rings. The summed E-state index contributed by atoms with van der Waals surface area (Å²) in [5, 5.41) is -0.0659. The average molecular weight is 270 g/mol. The first-order valence-corrected chi connectivity index (χ1v) is 7.29. The molecule has 2 heteroatoms. The molecule has 2 aromatic rings. The number of aryl methyl sites for hydroxylation is 2. The lowest BCUT2D eigenvalue weighted by Gasteiger charge is -2.12. The van der Waals surface area contributed by atoms with E-state index in [1.165, 1.54) is 16.0 Å². The molecular weight excluding hydrogens is 252 g/mol. The van der Waals surface area contributed by atoms with Crippen LogP contribution in [0.25, 0.3) is 0 Å². The van der Waals surface area contributed by atoms with E-state index in [0.717, 1.165) is 5.56 Å². The van der Waals surface area contributed by atoms with Gasteiger partial charge in [-0.1, -0.05) is 48.0 Å². The summed E-state index contributed by atoms with van der Waals surface area (Å²) in [5.41, 5.74) is 3.19. The summed E-state index contributed by atoms with van der Waals surface area (Å²) in [6.07, 6.45) is 0. The minimum Gasteiger partial charge on any atom is -0.293 e. The molecule has 0 aliphatic heterocycles. The van der Waals surface area contributed by atoms with Gasteiger partial charge in [-0.05, 0) is 32.4 Å². The van der Waals surface area contributed by atoms with Crippen molar-refractivity contribution in [2.24, 2.45) is 0 Å². The van der Waals surface area contributed by atoms with Gasteiger partial charge in [0.25, 0.3) is 0 Å². The Balaban J connectivity index is 2.12. The Morgan fingerprint density at radius 1 is 1.00 bits per heavy atom. The molecule has 19 heavy (non-hydrogen) atoms. The van der Waals surface area contributed by atoms with E-state index in [1.807, 2.05) is 50.2 Å². The molecule has 0 heterocycles. The number of hydrogen-bond donors (Lipinski definition) is 0. The maximum absolute atomic E-state index is 12.4. The number of carbonyl (C=O) groups excluding carboxylic acids is 1. The van der Waals surface area contributed by atoms with Gasteiger partial charge >= 0.3 is 0 Å². The SMILES string of the molecule is Cc1ccc(C(=O)C(C)Sc2ccccc2C)cc1. The number of benzene rings is 2. The predicted molar refractivity (Wildman–Crippen MR) is 82.0 cm³/mol. The number of thioether (sulfide) groups is 1. The topological polar surface area (TPSA) is 17.1 Å². The molecule has 0 aromatic heterocycles. The van der Waals surface area contributed by atoms with Crippen LogP contribution in [0, 0.1) is 13.8 Å². The quantitative estimate of drug-likeness (QED) is 0.593. The van der Waals surface area contributed by atoms with Crippen LogP contribution in [0.15, 0.2) is 53.4 Å². The molecule has 1 nitrogen and oxygen atoms in total. The molecule has 2 aromatic carbocycles. The predicted octanol–water partition coefficient (Wildman–Crippen LogP) is 4.67. The summed E-state index contributed by atoms with van der Waals surface area (Å²) in [4.78, 5) is 13.5. The van der Waals surface area contributed by atoms with Crippen LogP contribution in [0.5, 0.6) is 0 Å². The van der Waals surface area contributed by atoms with Crippen LogP contribution in [-0.2, 0) is 0 Å². The standard InChI is InChI=1S/C17H18OS/c1-12-8-10-15(11-9-12)17(18)14(3)19-16-7-5-4-6-13(16)2/h4-11,14H,1-3H3. The minimum absolute atomic E-state index is 0.0659. The highest BCUT2D eigenvalue weighted by Crippen LogP contribution is 2.28. The monoisotopic (exact) mass is 270 g/mol. The number of ketones is 1. The first-order chi connectivity index (χ1) is 9.08. The van der Waals surface area contributed by atoms with Crippen LogP contribution in [0.1, 0.15) is 28.4 Å². The van der Waals surface area contributed by atoms with E-state index in [4.69, 9.17) is 0 Å². The fourth-order valence-electron chi connectivity index (χ4n) is 1.89. The molecule has 0 saturated heterocycles. The van der Waals surface area contributed by atoms with Gasteiger partial charge in [-0.25, -0.2) is 0 Å². The summed E-state index contributed by atoms with van der Waals surface area (Å²) in [6.45, 7) is 6.07. The second-order valence-corrected chi connectivity index (χ2v) is 6.14. The second kappa shape index (κ2) is 6.07. The van der Waals surface area contributed by atoms with E-state index in [9.17, 15) is 4.79 Å². The van der Waals surface area contributed by atoms with Gasteiger partial charge in [0, 0.05) is 10.5 Å². The molecule has 1 atom stereocenters. The summed E-state index contributed by atoms with van der Waals surface area (Å²) < 4.78 is 0. The molecule has 0 amide bonds. The Labute approximate surface area is 119 Å². The first kappa shape index (κ1) is 13.9. The third-order valence-electron chi connectivity index (χ3n) is 3.10. The van der Waals surface area contributed by atoms with Gasteiger partial charge < -0.3 is 0 Å². The summed E-state index contributed by atoms with van der Waals surface area (Å²) in [5.74, 6) is 0.188. The van der Waals surface area contributed by atoms with Gasteiger partial charge in [0.15, 0.2) is 5.78 Å². The average Bonchev–Trinajstić information content (AvgIpc) is 2.41. The molecular formula is C17H18OS. The number of carbonyl (C=O) groups is 1. The highest BCUT2D eigenvalue weighted by molar-refractivity contribution is 8.00. The number of hydrogen-bond acceptors (Lipinski definition) is 2. The largest absolute Gasteiger partial charge is 0.293 e. The van der Waals surface area contributed by atoms with E-state index >= 15 is 0 Å². The zero-order valence-electron chi connectivity index (χ0n) is 11.5. The highest BCUT2D eigenvalue weighted by Gasteiger charge is 2.16. The molecule has 0 saturated carbocycles. The van der Waals surface area contributed by atoms with Gasteiger partial charge in [0.05, 0.1) is 5.25 Å². The van der Waals surface area contributed by atoms with Gasteiger partial charge in [-0.15, -0.1) is 11.8 Å². The maximum atomic E-state index is 12.4. The van der Waals surface area contributed by atoms with E-state index in [2.05, 4.69) is 19.1 Å². The fraction of sp³-hybridized carbons (Fsp3) is 0.235. The Morgan fingerprint density at radius 2 is 1.63 bits per heavy atom.